The highest BCUT2D eigenvalue weighted by molar-refractivity contribution is 6.17. The van der Waals surface area contributed by atoms with Gasteiger partial charge in [-0.25, -0.2) is 19.9 Å². The molecule has 0 amide bonds. The van der Waals surface area contributed by atoms with Crippen molar-refractivity contribution in [1.82, 2.24) is 47.3 Å². The molecule has 10 nitrogen and oxygen atoms in total. The van der Waals surface area contributed by atoms with E-state index in [0.29, 0.717) is 5.82 Å². The molecule has 0 aliphatic carbocycles. The third-order valence-electron chi connectivity index (χ3n) is 25.9. The second-order valence-corrected chi connectivity index (χ2v) is 33.4. The molecule has 0 fully saturated rings. The zero-order valence-electron chi connectivity index (χ0n) is 70.0. The van der Waals surface area contributed by atoms with Gasteiger partial charge in [-0.15, -0.1) is 0 Å². The predicted octanol–water partition coefficient (Wildman–Crippen LogP) is 30.2. The Hall–Kier alpha value is -17.1. The normalized spacial score (nSPS) is 11.8. The lowest BCUT2D eigenvalue weighted by molar-refractivity contribution is 1.15. The van der Waals surface area contributed by atoms with E-state index in [0.717, 1.165) is 124 Å². The number of hydrogen-bond acceptors (Lipinski definition) is 4. The van der Waals surface area contributed by atoms with E-state index in [4.69, 9.17) is 19.9 Å². The van der Waals surface area contributed by atoms with Gasteiger partial charge in [0.2, 0.25) is 0 Å². The Bertz CT molecular complexity index is 8390. The van der Waals surface area contributed by atoms with Gasteiger partial charge in [-0.3, -0.25) is 0 Å². The van der Waals surface area contributed by atoms with Crippen molar-refractivity contribution in [2.24, 2.45) is 0 Å². The molecule has 0 atom stereocenters. The molecule has 0 saturated heterocycles. The number of aryl methyl sites for hydroxylation is 2. The van der Waals surface area contributed by atoms with Gasteiger partial charge in [-0.05, 0) is 177 Å². The minimum atomic E-state index is 0.709. The molecule has 8 aromatic heterocycles. The summed E-state index contributed by atoms with van der Waals surface area (Å²) in [5.41, 5.74) is 32.9. The third kappa shape index (κ3) is 12.1. The zero-order valence-corrected chi connectivity index (χ0v) is 70.0. The van der Waals surface area contributed by atoms with Crippen molar-refractivity contribution in [2.75, 3.05) is 0 Å². The Morgan fingerprint density at radius 3 is 0.664 bits per heavy atom. The summed E-state index contributed by atoms with van der Waals surface area (Å²) in [5, 5.41) is 14.7. The summed E-state index contributed by atoms with van der Waals surface area (Å²) >= 11 is 0. The highest BCUT2D eigenvalue weighted by atomic mass is 15.0. The Kier molecular flexibility index (Phi) is 17.2. The standard InChI is InChI=1S/2C59H39N5/c1-38-23-25-41(26-24-38)59-60-51(39-13-3-2-4-14-39)37-52(61-59)40-27-29-42(30-28-40)62-57-33-31-43(63-53-19-9-5-15-45(53)46-16-6-10-20-54(46)63)35-49(57)50-36-44(32-34-58(50)62)64-55-21-11-7-17-47(55)48-18-8-12-22-56(48)64;1-38-15-5-6-18-44(38)59-60-51(39-16-3-2-4-17-39)37-52(61-59)40-27-29-41(30-28-40)62-57-33-31-42(63-53-23-11-7-19-45(53)46-20-8-12-24-54(46)63)35-49(57)50-36-43(32-34-58(50)62)64-55-25-13-9-21-47(55)48-22-10-14-26-56(48)64/h2*2-37H,1H3. The highest BCUT2D eigenvalue weighted by Crippen LogP contribution is 2.45. The van der Waals surface area contributed by atoms with E-state index in [1.165, 1.54) is 114 Å². The van der Waals surface area contributed by atoms with Crippen LogP contribution in [0.3, 0.4) is 0 Å². The van der Waals surface area contributed by atoms with Crippen LogP contribution in [0.4, 0.5) is 0 Å². The van der Waals surface area contributed by atoms with Crippen LogP contribution in [0.2, 0.25) is 0 Å². The zero-order chi connectivity index (χ0) is 84.6. The van der Waals surface area contributed by atoms with Gasteiger partial charge < -0.3 is 27.4 Å². The first-order valence-electron chi connectivity index (χ1n) is 43.7. The molecule has 0 aliphatic heterocycles. The van der Waals surface area contributed by atoms with Crippen LogP contribution in [0.25, 0.3) is 233 Å². The summed E-state index contributed by atoms with van der Waals surface area (Å²) in [5.74, 6) is 1.43. The van der Waals surface area contributed by atoms with E-state index in [2.05, 4.69) is 466 Å². The highest BCUT2D eigenvalue weighted by Gasteiger charge is 2.25. The first-order chi connectivity index (χ1) is 63.3. The van der Waals surface area contributed by atoms with Crippen LogP contribution in [0.1, 0.15) is 11.1 Å². The molecular formula is C118H78N10. The average molecular weight is 1640 g/mol. The number of para-hydroxylation sites is 8. The molecule has 10 heteroatoms. The summed E-state index contributed by atoms with van der Waals surface area (Å²) in [6, 6.07) is 157. The van der Waals surface area contributed by atoms with Crippen LogP contribution in [0, 0.1) is 13.8 Å². The maximum Gasteiger partial charge on any atom is 0.160 e. The van der Waals surface area contributed by atoms with E-state index in [1.54, 1.807) is 0 Å². The Morgan fingerprint density at radius 2 is 0.375 bits per heavy atom. The lowest BCUT2D eigenvalue weighted by atomic mass is 10.0. The summed E-state index contributed by atoms with van der Waals surface area (Å²) in [7, 11) is 0. The van der Waals surface area contributed by atoms with Crippen molar-refractivity contribution in [3.63, 3.8) is 0 Å². The Balaban J connectivity index is 0.000000139. The topological polar surface area (TPSA) is 81.1 Å². The van der Waals surface area contributed by atoms with E-state index >= 15 is 0 Å². The molecule has 0 aliphatic rings. The third-order valence-corrected chi connectivity index (χ3v) is 25.9. The van der Waals surface area contributed by atoms with Crippen molar-refractivity contribution >= 4 is 131 Å². The maximum absolute atomic E-state index is 5.18. The molecule has 0 saturated carbocycles. The van der Waals surface area contributed by atoms with Crippen molar-refractivity contribution in [2.45, 2.75) is 13.8 Å². The van der Waals surface area contributed by atoms with Crippen LogP contribution in [0.15, 0.2) is 437 Å². The molecule has 0 N–H and O–H groups in total. The second-order valence-electron chi connectivity index (χ2n) is 33.4. The Morgan fingerprint density at radius 1 is 0.156 bits per heavy atom. The molecule has 0 bridgehead atoms. The van der Waals surface area contributed by atoms with Gasteiger partial charge in [-0.2, -0.15) is 0 Å². The fourth-order valence-electron chi connectivity index (χ4n) is 20.0. The van der Waals surface area contributed by atoms with Crippen molar-refractivity contribution in [3.8, 4) is 102 Å². The van der Waals surface area contributed by atoms with E-state index in [-0.39, 0.29) is 0 Å². The predicted molar refractivity (Wildman–Crippen MR) is 532 cm³/mol. The second kappa shape index (κ2) is 29.9. The molecular weight excluding hydrogens is 1560 g/mol. The number of aromatic nitrogens is 10. The lowest BCUT2D eigenvalue weighted by Crippen LogP contribution is -1.98. The van der Waals surface area contributed by atoms with Gasteiger partial charge in [-0.1, -0.05) is 285 Å². The van der Waals surface area contributed by atoms with E-state index < -0.39 is 0 Å². The van der Waals surface area contributed by atoms with Crippen LogP contribution in [-0.2, 0) is 0 Å². The fraction of sp³-hybridized carbons (Fsp3) is 0.0169. The van der Waals surface area contributed by atoms with Gasteiger partial charge in [0.25, 0.3) is 0 Å². The minimum absolute atomic E-state index is 0.709. The van der Waals surface area contributed by atoms with Crippen LogP contribution >= 0.6 is 0 Å². The van der Waals surface area contributed by atoms with Crippen LogP contribution in [-0.4, -0.2) is 47.3 Å². The monoisotopic (exact) mass is 1630 g/mol. The first-order valence-corrected chi connectivity index (χ1v) is 43.7. The fourth-order valence-corrected chi connectivity index (χ4v) is 20.0. The molecule has 26 aromatic rings. The number of hydrogen-bond donors (Lipinski definition) is 0. The van der Waals surface area contributed by atoms with E-state index in [1.807, 2.05) is 12.1 Å². The van der Waals surface area contributed by atoms with Crippen molar-refractivity contribution < 1.29 is 0 Å². The van der Waals surface area contributed by atoms with E-state index in [9.17, 15) is 0 Å². The van der Waals surface area contributed by atoms with Gasteiger partial charge in [0.1, 0.15) is 0 Å². The summed E-state index contributed by atoms with van der Waals surface area (Å²) in [4.78, 5) is 20.5. The number of nitrogens with zero attached hydrogens (tertiary/aromatic N) is 10. The van der Waals surface area contributed by atoms with Gasteiger partial charge >= 0.3 is 0 Å². The lowest BCUT2D eigenvalue weighted by Gasteiger charge is -2.13. The smallest absolute Gasteiger partial charge is 0.160 e. The number of rotatable bonds is 12. The largest absolute Gasteiger partial charge is 0.309 e. The Labute approximate surface area is 736 Å². The average Bonchev–Trinajstić information content (AvgIpc) is 1.58. The van der Waals surface area contributed by atoms with Gasteiger partial charge in [0.05, 0.1) is 89.0 Å². The first kappa shape index (κ1) is 73.6. The number of fused-ring (bicyclic) bond motifs is 18. The van der Waals surface area contributed by atoms with Gasteiger partial charge in [0, 0.05) is 132 Å². The quantitative estimate of drug-likeness (QED) is 0.122. The molecule has 0 spiro atoms. The van der Waals surface area contributed by atoms with Crippen LogP contribution in [0.5, 0.6) is 0 Å². The molecule has 600 valence electrons. The summed E-state index contributed by atoms with van der Waals surface area (Å²) in [6.07, 6.45) is 0. The molecule has 18 aromatic carbocycles. The summed E-state index contributed by atoms with van der Waals surface area (Å²) in [6.45, 7) is 4.22. The molecule has 26 rings (SSSR count). The van der Waals surface area contributed by atoms with Gasteiger partial charge in [0.15, 0.2) is 11.6 Å². The maximum atomic E-state index is 5.18. The van der Waals surface area contributed by atoms with Crippen LogP contribution < -0.4 is 0 Å². The number of benzene rings is 18. The minimum Gasteiger partial charge on any atom is -0.309 e. The van der Waals surface area contributed by atoms with Crippen molar-refractivity contribution in [1.29, 1.82) is 0 Å². The SMILES string of the molecule is Cc1ccc(-c2nc(-c3ccccc3)cc(-c3ccc(-n4c5ccc(-n6c7ccccc7c7ccccc76)cc5c5cc(-n6c7ccccc7c7ccccc76)ccc54)cc3)n2)cc1.Cc1ccccc1-c1nc(-c2ccccc2)cc(-c2ccc(-n3c4ccc(-n5c6ccccc6c6ccccc65)cc4c4cc(-n5c6ccccc6c6ccccc65)ccc43)cc2)n1. The molecule has 8 heterocycles. The molecule has 128 heavy (non-hydrogen) atoms. The molecule has 0 unspecified atom stereocenters. The molecule has 0 radical (unpaired) electrons. The summed E-state index contributed by atoms with van der Waals surface area (Å²) < 4.78 is 14.5. The van der Waals surface area contributed by atoms with Crippen molar-refractivity contribution in [3.05, 3.63) is 448 Å².